The van der Waals surface area contributed by atoms with E-state index in [9.17, 15) is 9.59 Å². The lowest BCUT2D eigenvalue weighted by atomic mass is 10.2. The molecule has 0 aliphatic heterocycles. The Kier molecular flexibility index (Phi) is 6.26. The van der Waals surface area contributed by atoms with Crippen molar-refractivity contribution in [2.45, 2.75) is 25.7 Å². The molecule has 0 atom stereocenters. The molecule has 8 nitrogen and oxygen atoms in total. The summed E-state index contributed by atoms with van der Waals surface area (Å²) in [4.78, 5) is 27.4. The molecule has 9 heteroatoms. The zero-order valence-corrected chi connectivity index (χ0v) is 15.5. The average molecular weight is 386 g/mol. The number of benzene rings is 1. The first-order chi connectivity index (χ1) is 13.1. The molecule has 140 valence electrons. The largest absolute Gasteiger partial charge is 0.469 e. The molecule has 0 spiro atoms. The molecule has 0 saturated heterocycles. The van der Waals surface area contributed by atoms with Crippen LogP contribution in [0.3, 0.4) is 0 Å². The van der Waals surface area contributed by atoms with Crippen LogP contribution in [-0.2, 0) is 27.2 Å². The van der Waals surface area contributed by atoms with Crippen molar-refractivity contribution in [3.63, 3.8) is 0 Å². The molecule has 0 saturated carbocycles. The van der Waals surface area contributed by atoms with Gasteiger partial charge in [-0.1, -0.05) is 18.2 Å². The molecule has 1 N–H and O–H groups in total. The second-order valence-corrected chi connectivity index (χ2v) is 6.52. The minimum atomic E-state index is -0.368. The summed E-state index contributed by atoms with van der Waals surface area (Å²) < 4.78 is 10.2. The molecule has 2 heterocycles. The number of esters is 1. The normalized spacial score (nSPS) is 10.6. The van der Waals surface area contributed by atoms with Gasteiger partial charge < -0.3 is 14.5 Å². The first kappa shape index (κ1) is 18.7. The summed E-state index contributed by atoms with van der Waals surface area (Å²) in [5.41, 5.74) is 1.43. The van der Waals surface area contributed by atoms with Crippen LogP contribution in [0, 0.1) is 0 Å². The second kappa shape index (κ2) is 9.04. The predicted octanol–water partition coefficient (Wildman–Crippen LogP) is 2.87. The van der Waals surface area contributed by atoms with Crippen molar-refractivity contribution in [2.24, 2.45) is 0 Å². The van der Waals surface area contributed by atoms with Gasteiger partial charge >= 0.3 is 5.97 Å². The molecule has 0 aliphatic rings. The first-order valence-electron chi connectivity index (χ1n) is 8.33. The Labute approximate surface area is 159 Å². The summed E-state index contributed by atoms with van der Waals surface area (Å²) in [7, 11) is 1.32. The zero-order valence-electron chi connectivity index (χ0n) is 14.7. The van der Waals surface area contributed by atoms with Crippen LogP contribution in [0.25, 0.3) is 11.5 Å². The van der Waals surface area contributed by atoms with Crippen molar-refractivity contribution in [3.8, 4) is 11.5 Å². The Morgan fingerprint density at radius 2 is 2.04 bits per heavy atom. The van der Waals surface area contributed by atoms with Crippen LogP contribution in [0.4, 0.5) is 5.13 Å². The molecule has 27 heavy (non-hydrogen) atoms. The highest BCUT2D eigenvalue weighted by Gasteiger charge is 2.12. The summed E-state index contributed by atoms with van der Waals surface area (Å²) in [5.74, 6) is 0.441. The van der Waals surface area contributed by atoms with Gasteiger partial charge in [-0.05, 0) is 18.6 Å². The molecule has 0 aliphatic carbocycles. The van der Waals surface area contributed by atoms with E-state index in [1.165, 1.54) is 18.4 Å². The maximum Gasteiger partial charge on any atom is 0.311 e. The van der Waals surface area contributed by atoms with Gasteiger partial charge in [0.15, 0.2) is 5.13 Å². The number of carbonyl (C=O) groups excluding carboxylic acids is 2. The van der Waals surface area contributed by atoms with E-state index in [4.69, 9.17) is 4.42 Å². The lowest BCUT2D eigenvalue weighted by Gasteiger charge is -2.00. The number of rotatable bonds is 8. The highest BCUT2D eigenvalue weighted by atomic mass is 32.1. The quantitative estimate of drug-likeness (QED) is 0.593. The number of amides is 1. The van der Waals surface area contributed by atoms with Crippen molar-refractivity contribution in [1.82, 2.24) is 15.2 Å². The summed E-state index contributed by atoms with van der Waals surface area (Å²) in [6, 6.07) is 9.51. The number of hydrogen-bond donors (Lipinski definition) is 1. The third kappa shape index (κ3) is 5.45. The van der Waals surface area contributed by atoms with Gasteiger partial charge in [0.1, 0.15) is 0 Å². The Hall–Kier alpha value is -3.07. The number of nitrogens with zero attached hydrogens (tertiary/aromatic N) is 3. The number of ether oxygens (including phenoxy) is 1. The summed E-state index contributed by atoms with van der Waals surface area (Å²) in [5, 5.41) is 12.9. The fourth-order valence-corrected chi connectivity index (χ4v) is 3.03. The average Bonchev–Trinajstić information content (AvgIpc) is 3.32. The maximum atomic E-state index is 12.0. The number of aryl methyl sites for hydroxylation is 1. The Balaban J connectivity index is 1.43. The van der Waals surface area contributed by atoms with Gasteiger partial charge in [0.25, 0.3) is 0 Å². The predicted molar refractivity (Wildman–Crippen MR) is 99.1 cm³/mol. The van der Waals surface area contributed by atoms with Crippen molar-refractivity contribution in [2.75, 3.05) is 12.4 Å². The van der Waals surface area contributed by atoms with E-state index in [1.54, 1.807) is 5.38 Å². The molecule has 3 rings (SSSR count). The van der Waals surface area contributed by atoms with Crippen LogP contribution in [0.2, 0.25) is 0 Å². The van der Waals surface area contributed by atoms with Crippen LogP contribution >= 0.6 is 11.3 Å². The minimum absolute atomic E-state index is 0.0871. The molecule has 3 aromatic rings. The molecule has 1 amide bonds. The standard InChI is InChI=1S/C18H18N4O4S/c1-25-16(24)10-13-11-27-18(19-13)20-14(23)8-5-9-15-21-22-17(26-15)12-6-3-2-4-7-12/h2-4,6-7,11H,5,8-10H2,1H3,(H,19,20,23). The second-order valence-electron chi connectivity index (χ2n) is 5.67. The number of thiazole rings is 1. The fraction of sp³-hybridized carbons (Fsp3) is 0.278. The van der Waals surface area contributed by atoms with Gasteiger partial charge in [-0.2, -0.15) is 0 Å². The SMILES string of the molecule is COC(=O)Cc1csc(NC(=O)CCCc2nnc(-c3ccccc3)o2)n1. The van der Waals surface area contributed by atoms with Crippen LogP contribution in [0.1, 0.15) is 24.4 Å². The van der Waals surface area contributed by atoms with E-state index in [1.807, 2.05) is 30.3 Å². The monoisotopic (exact) mass is 386 g/mol. The molecule has 1 aromatic carbocycles. The zero-order chi connectivity index (χ0) is 19.1. The van der Waals surface area contributed by atoms with Crippen molar-refractivity contribution >= 4 is 28.3 Å². The highest BCUT2D eigenvalue weighted by molar-refractivity contribution is 7.13. The molecule has 0 fully saturated rings. The van der Waals surface area contributed by atoms with Crippen molar-refractivity contribution in [1.29, 1.82) is 0 Å². The number of nitrogens with one attached hydrogen (secondary N) is 1. The van der Waals surface area contributed by atoms with Gasteiger partial charge in [-0.3, -0.25) is 9.59 Å². The van der Waals surface area contributed by atoms with Crippen LogP contribution < -0.4 is 5.32 Å². The summed E-state index contributed by atoms with van der Waals surface area (Å²) in [6.07, 6.45) is 1.47. The highest BCUT2D eigenvalue weighted by Crippen LogP contribution is 2.19. The van der Waals surface area contributed by atoms with Gasteiger partial charge in [0.05, 0.1) is 19.2 Å². The van der Waals surface area contributed by atoms with E-state index < -0.39 is 0 Å². The van der Waals surface area contributed by atoms with Crippen molar-refractivity contribution < 1.29 is 18.7 Å². The van der Waals surface area contributed by atoms with Gasteiger partial charge in [-0.15, -0.1) is 21.5 Å². The summed E-state index contributed by atoms with van der Waals surface area (Å²) in [6.45, 7) is 0. The lowest BCUT2D eigenvalue weighted by Crippen LogP contribution is -2.11. The van der Waals surface area contributed by atoms with E-state index in [-0.39, 0.29) is 18.3 Å². The molecule has 2 aromatic heterocycles. The van der Waals surface area contributed by atoms with E-state index in [0.29, 0.717) is 41.9 Å². The smallest absolute Gasteiger partial charge is 0.311 e. The first-order valence-corrected chi connectivity index (χ1v) is 9.21. The molecular weight excluding hydrogens is 368 g/mol. The van der Waals surface area contributed by atoms with Crippen molar-refractivity contribution in [3.05, 3.63) is 47.3 Å². The van der Waals surface area contributed by atoms with E-state index >= 15 is 0 Å². The Morgan fingerprint density at radius 3 is 2.81 bits per heavy atom. The maximum absolute atomic E-state index is 12.0. The van der Waals surface area contributed by atoms with Crippen LogP contribution in [0.15, 0.2) is 40.1 Å². The number of hydrogen-bond acceptors (Lipinski definition) is 8. The topological polar surface area (TPSA) is 107 Å². The number of anilines is 1. The van der Waals surface area contributed by atoms with Gasteiger partial charge in [0.2, 0.25) is 17.7 Å². The van der Waals surface area contributed by atoms with E-state index in [0.717, 1.165) is 5.56 Å². The number of carbonyl (C=O) groups is 2. The molecule has 0 radical (unpaired) electrons. The van der Waals surface area contributed by atoms with Gasteiger partial charge in [-0.25, -0.2) is 4.98 Å². The number of methoxy groups -OCH3 is 1. The Bertz CT molecular complexity index is 907. The lowest BCUT2D eigenvalue weighted by molar-refractivity contribution is -0.139. The fourth-order valence-electron chi connectivity index (χ4n) is 2.30. The van der Waals surface area contributed by atoms with Gasteiger partial charge in [0, 0.05) is 23.8 Å². The third-order valence-corrected chi connectivity index (χ3v) is 4.44. The number of aromatic nitrogens is 3. The van der Waals surface area contributed by atoms with E-state index in [2.05, 4.69) is 25.2 Å². The Morgan fingerprint density at radius 1 is 1.22 bits per heavy atom. The molecule has 0 bridgehead atoms. The minimum Gasteiger partial charge on any atom is -0.469 e. The molecule has 0 unspecified atom stereocenters. The molecular formula is C18H18N4O4S. The van der Waals surface area contributed by atoms with Crippen LogP contribution in [0.5, 0.6) is 0 Å². The summed E-state index contributed by atoms with van der Waals surface area (Å²) >= 11 is 1.27. The third-order valence-electron chi connectivity index (χ3n) is 3.63. The van der Waals surface area contributed by atoms with Crippen LogP contribution in [-0.4, -0.2) is 34.2 Å².